The molecular weight excluding hydrogens is 256 g/mol. The lowest BCUT2D eigenvalue weighted by atomic mass is 10.2. The van der Waals surface area contributed by atoms with Crippen molar-refractivity contribution in [2.75, 3.05) is 39.1 Å². The summed E-state index contributed by atoms with van der Waals surface area (Å²) in [5, 5.41) is 4.67. The topological polar surface area (TPSA) is 31.4 Å². The highest BCUT2D eigenvalue weighted by Gasteiger charge is 2.18. The van der Waals surface area contributed by atoms with Gasteiger partial charge in [0.1, 0.15) is 0 Å². The molecule has 6 heteroatoms. The molecule has 1 saturated heterocycles. The van der Waals surface area contributed by atoms with Crippen molar-refractivity contribution in [3.05, 3.63) is 11.1 Å². The number of halogens is 1. The first-order chi connectivity index (χ1) is 7.65. The number of likely N-dealkylation sites (N-methyl/N-ethyl adjacent to an activating group) is 1. The van der Waals surface area contributed by atoms with Gasteiger partial charge in [0.15, 0.2) is 5.13 Å². The van der Waals surface area contributed by atoms with Crippen molar-refractivity contribution in [2.24, 2.45) is 0 Å². The smallest absolute Gasteiger partial charge is 0.185 e. The molecular formula is C11H21ClN4S. The number of hydrogen-bond donors (Lipinski definition) is 1. The summed E-state index contributed by atoms with van der Waals surface area (Å²) >= 11 is 1.76. The molecule has 1 N–H and O–H groups in total. The average Bonchev–Trinajstić information content (AvgIpc) is 2.83. The van der Waals surface area contributed by atoms with Gasteiger partial charge in [-0.25, -0.2) is 4.98 Å². The van der Waals surface area contributed by atoms with E-state index in [-0.39, 0.29) is 12.4 Å². The lowest BCUT2D eigenvalue weighted by Crippen LogP contribution is -2.30. The molecule has 0 aliphatic carbocycles. The number of likely N-dealkylation sites (tertiary alicyclic amines) is 1. The average molecular weight is 277 g/mol. The third-order valence-corrected chi connectivity index (χ3v) is 4.05. The third-order valence-electron chi connectivity index (χ3n) is 2.88. The minimum absolute atomic E-state index is 0. The molecule has 0 bridgehead atoms. The van der Waals surface area contributed by atoms with Gasteiger partial charge in [0, 0.05) is 44.3 Å². The number of thiazole rings is 1. The van der Waals surface area contributed by atoms with Gasteiger partial charge in [-0.15, -0.1) is 23.7 Å². The van der Waals surface area contributed by atoms with Crippen LogP contribution in [0.2, 0.25) is 0 Å². The van der Waals surface area contributed by atoms with E-state index in [4.69, 9.17) is 0 Å². The molecule has 0 aromatic carbocycles. The number of hydrogen-bond acceptors (Lipinski definition) is 5. The van der Waals surface area contributed by atoms with Crippen LogP contribution in [0.3, 0.4) is 0 Å². The van der Waals surface area contributed by atoms with Gasteiger partial charge in [0.2, 0.25) is 0 Å². The Balaban J connectivity index is 0.00000144. The van der Waals surface area contributed by atoms with Crippen molar-refractivity contribution >= 4 is 28.9 Å². The second-order valence-corrected chi connectivity index (χ2v) is 5.73. The minimum Gasteiger partial charge on any atom is -0.354 e. The maximum atomic E-state index is 4.37. The van der Waals surface area contributed by atoms with Crippen molar-refractivity contribution in [3.8, 4) is 0 Å². The molecule has 0 amide bonds. The van der Waals surface area contributed by atoms with Gasteiger partial charge in [-0.2, -0.15) is 0 Å². The Morgan fingerprint density at radius 3 is 2.88 bits per heavy atom. The fourth-order valence-electron chi connectivity index (χ4n) is 1.93. The molecule has 1 unspecified atom stereocenters. The highest BCUT2D eigenvalue weighted by Crippen LogP contribution is 2.20. The first kappa shape index (κ1) is 14.7. The SMILES string of the molecule is CN1CCC(NCc2cnc(N(C)C)s2)C1.Cl. The van der Waals surface area contributed by atoms with Gasteiger partial charge < -0.3 is 15.1 Å². The van der Waals surface area contributed by atoms with E-state index in [0.29, 0.717) is 6.04 Å². The van der Waals surface area contributed by atoms with Crippen LogP contribution in [0.15, 0.2) is 6.20 Å². The molecule has 1 aromatic heterocycles. The molecule has 0 spiro atoms. The first-order valence-electron chi connectivity index (χ1n) is 5.69. The monoisotopic (exact) mass is 276 g/mol. The van der Waals surface area contributed by atoms with Crippen molar-refractivity contribution < 1.29 is 0 Å². The van der Waals surface area contributed by atoms with Crippen molar-refractivity contribution in [1.29, 1.82) is 0 Å². The van der Waals surface area contributed by atoms with Crippen molar-refractivity contribution in [2.45, 2.75) is 19.0 Å². The summed E-state index contributed by atoms with van der Waals surface area (Å²) in [4.78, 5) is 10.1. The number of aromatic nitrogens is 1. The maximum Gasteiger partial charge on any atom is 0.185 e. The van der Waals surface area contributed by atoms with Gasteiger partial charge in [0.05, 0.1) is 0 Å². The first-order valence-corrected chi connectivity index (χ1v) is 6.51. The van der Waals surface area contributed by atoms with E-state index in [2.05, 4.69) is 27.1 Å². The predicted molar refractivity (Wildman–Crippen MR) is 76.4 cm³/mol. The highest BCUT2D eigenvalue weighted by atomic mass is 35.5. The fraction of sp³-hybridized carbons (Fsp3) is 0.727. The Hall–Kier alpha value is -0.360. The lowest BCUT2D eigenvalue weighted by Gasteiger charge is -2.11. The van der Waals surface area contributed by atoms with Gasteiger partial charge >= 0.3 is 0 Å². The Morgan fingerprint density at radius 1 is 1.59 bits per heavy atom. The Kier molecular flexibility index (Phi) is 5.66. The van der Waals surface area contributed by atoms with Crippen molar-refractivity contribution in [3.63, 3.8) is 0 Å². The number of nitrogens with zero attached hydrogens (tertiary/aromatic N) is 3. The molecule has 1 aliphatic rings. The summed E-state index contributed by atoms with van der Waals surface area (Å²) < 4.78 is 0. The number of nitrogens with one attached hydrogen (secondary N) is 1. The molecule has 0 saturated carbocycles. The van der Waals surface area contributed by atoms with E-state index in [1.807, 2.05) is 20.3 Å². The fourth-order valence-corrected chi connectivity index (χ4v) is 2.72. The van der Waals surface area contributed by atoms with E-state index in [1.165, 1.54) is 24.4 Å². The Labute approximate surface area is 113 Å². The van der Waals surface area contributed by atoms with E-state index >= 15 is 0 Å². The second-order valence-electron chi connectivity index (χ2n) is 4.63. The number of anilines is 1. The Bertz CT molecular complexity index is 342. The summed E-state index contributed by atoms with van der Waals surface area (Å²) in [6.07, 6.45) is 3.24. The molecule has 1 aromatic rings. The molecule has 17 heavy (non-hydrogen) atoms. The second kappa shape index (κ2) is 6.54. The zero-order chi connectivity index (χ0) is 11.5. The molecule has 0 radical (unpaired) electrons. The third kappa shape index (κ3) is 4.10. The summed E-state index contributed by atoms with van der Waals surface area (Å²) in [6, 6.07) is 0.648. The van der Waals surface area contributed by atoms with Crippen LogP contribution in [0.4, 0.5) is 5.13 Å². The van der Waals surface area contributed by atoms with Gasteiger partial charge in [0.25, 0.3) is 0 Å². The quantitative estimate of drug-likeness (QED) is 0.901. The van der Waals surface area contributed by atoms with Crippen LogP contribution in [0.5, 0.6) is 0 Å². The van der Waals surface area contributed by atoms with E-state index in [1.54, 1.807) is 11.3 Å². The zero-order valence-electron chi connectivity index (χ0n) is 10.6. The molecule has 98 valence electrons. The van der Waals surface area contributed by atoms with E-state index in [9.17, 15) is 0 Å². The Morgan fingerprint density at radius 2 is 2.35 bits per heavy atom. The molecule has 4 nitrogen and oxygen atoms in total. The summed E-state index contributed by atoms with van der Waals surface area (Å²) in [5.74, 6) is 0. The number of rotatable bonds is 4. The zero-order valence-corrected chi connectivity index (χ0v) is 12.3. The van der Waals surface area contributed by atoms with Crippen LogP contribution in [-0.2, 0) is 6.54 Å². The van der Waals surface area contributed by atoms with Crippen LogP contribution in [0.25, 0.3) is 0 Å². The van der Waals surface area contributed by atoms with Crippen LogP contribution < -0.4 is 10.2 Å². The van der Waals surface area contributed by atoms with Gasteiger partial charge in [-0.05, 0) is 20.0 Å². The molecule has 2 rings (SSSR count). The normalized spacial score (nSPS) is 20.3. The summed E-state index contributed by atoms with van der Waals surface area (Å²) in [5.41, 5.74) is 0. The maximum absolute atomic E-state index is 4.37. The van der Waals surface area contributed by atoms with E-state index < -0.39 is 0 Å². The predicted octanol–water partition coefficient (Wildman–Crippen LogP) is 1.42. The minimum atomic E-state index is 0. The molecule has 1 atom stereocenters. The summed E-state index contributed by atoms with van der Waals surface area (Å²) in [7, 11) is 6.24. The lowest BCUT2D eigenvalue weighted by molar-refractivity contribution is 0.398. The summed E-state index contributed by atoms with van der Waals surface area (Å²) in [6.45, 7) is 3.33. The molecule has 2 heterocycles. The molecule has 1 fully saturated rings. The van der Waals surface area contributed by atoms with Crippen LogP contribution in [-0.4, -0.2) is 50.2 Å². The largest absolute Gasteiger partial charge is 0.354 e. The van der Waals surface area contributed by atoms with Crippen LogP contribution in [0, 0.1) is 0 Å². The standard InChI is InChI=1S/C11H20N4S.ClH/c1-14(2)11-13-7-10(16-11)6-12-9-4-5-15(3)8-9;/h7,9,12H,4-6,8H2,1-3H3;1H. The van der Waals surface area contributed by atoms with Crippen LogP contribution in [0.1, 0.15) is 11.3 Å². The molecule has 1 aliphatic heterocycles. The highest BCUT2D eigenvalue weighted by molar-refractivity contribution is 7.15. The van der Waals surface area contributed by atoms with E-state index in [0.717, 1.165) is 11.7 Å². The van der Waals surface area contributed by atoms with Crippen molar-refractivity contribution in [1.82, 2.24) is 15.2 Å². The van der Waals surface area contributed by atoms with Crippen LogP contribution >= 0.6 is 23.7 Å². The van der Waals surface area contributed by atoms with Gasteiger partial charge in [-0.1, -0.05) is 0 Å². The van der Waals surface area contributed by atoms with Gasteiger partial charge in [-0.3, -0.25) is 0 Å².